The molecule has 142 valence electrons. The van der Waals surface area contributed by atoms with E-state index in [0.29, 0.717) is 11.9 Å². The third-order valence-electron chi connectivity index (χ3n) is 4.78. The van der Waals surface area contributed by atoms with Crippen molar-refractivity contribution in [2.45, 2.75) is 32.9 Å². The molecule has 2 heterocycles. The first-order chi connectivity index (χ1) is 12.5. The molecule has 2 aromatic rings. The Morgan fingerprint density at radius 2 is 2.08 bits per heavy atom. The first-order valence-electron chi connectivity index (χ1n) is 8.88. The lowest BCUT2D eigenvalue weighted by molar-refractivity contribution is 0.285. The SMILES string of the molecule is COc1ccc(-c2nc(CN(C)CC3CCNN3)c(C)o2)c(OC)c1C. The van der Waals surface area contributed by atoms with E-state index in [9.17, 15) is 0 Å². The second kappa shape index (κ2) is 8.07. The average Bonchev–Trinajstić information content (AvgIpc) is 3.24. The van der Waals surface area contributed by atoms with Gasteiger partial charge < -0.3 is 13.9 Å². The highest BCUT2D eigenvalue weighted by atomic mass is 16.5. The molecule has 1 aliphatic heterocycles. The van der Waals surface area contributed by atoms with Crippen LogP contribution in [0, 0.1) is 13.8 Å². The van der Waals surface area contributed by atoms with E-state index in [1.54, 1.807) is 14.2 Å². The van der Waals surface area contributed by atoms with Gasteiger partial charge in [0.05, 0.1) is 25.5 Å². The van der Waals surface area contributed by atoms with Crippen molar-refractivity contribution >= 4 is 0 Å². The molecule has 7 nitrogen and oxygen atoms in total. The Kier molecular flexibility index (Phi) is 5.80. The molecule has 1 unspecified atom stereocenters. The molecule has 0 saturated carbocycles. The summed E-state index contributed by atoms with van der Waals surface area (Å²) in [6, 6.07) is 4.31. The number of nitrogens with zero attached hydrogens (tertiary/aromatic N) is 2. The third-order valence-corrected chi connectivity index (χ3v) is 4.78. The van der Waals surface area contributed by atoms with Gasteiger partial charge in [-0.3, -0.25) is 15.8 Å². The number of oxazole rings is 1. The van der Waals surface area contributed by atoms with Crippen molar-refractivity contribution < 1.29 is 13.9 Å². The predicted octanol–water partition coefficient (Wildman–Crippen LogP) is 2.27. The lowest BCUT2D eigenvalue weighted by Crippen LogP contribution is -2.38. The average molecular weight is 360 g/mol. The van der Waals surface area contributed by atoms with Crippen LogP contribution in [-0.2, 0) is 6.54 Å². The topological polar surface area (TPSA) is 71.8 Å². The molecule has 0 radical (unpaired) electrons. The highest BCUT2D eigenvalue weighted by molar-refractivity contribution is 5.68. The van der Waals surface area contributed by atoms with Crippen LogP contribution in [0.1, 0.15) is 23.4 Å². The standard InChI is InChI=1S/C19H28N4O3/c1-12-17(24-4)7-6-15(18(12)25-5)19-21-16(13(2)26-19)11-23(3)10-14-8-9-20-22-14/h6-7,14,20,22H,8-11H2,1-5H3. The number of methoxy groups -OCH3 is 2. The Bertz CT molecular complexity index is 753. The Morgan fingerprint density at radius 3 is 2.73 bits per heavy atom. The fraction of sp³-hybridized carbons (Fsp3) is 0.526. The number of ether oxygens (including phenoxy) is 2. The molecule has 1 saturated heterocycles. The maximum Gasteiger partial charge on any atom is 0.230 e. The van der Waals surface area contributed by atoms with Crippen molar-refractivity contribution in [1.29, 1.82) is 0 Å². The minimum absolute atomic E-state index is 0.469. The number of benzene rings is 1. The zero-order valence-corrected chi connectivity index (χ0v) is 16.2. The summed E-state index contributed by atoms with van der Waals surface area (Å²) in [5.41, 5.74) is 9.18. The van der Waals surface area contributed by atoms with Gasteiger partial charge in [-0.1, -0.05) is 0 Å². The number of aromatic nitrogens is 1. The third kappa shape index (κ3) is 3.85. The van der Waals surface area contributed by atoms with E-state index in [2.05, 4.69) is 22.8 Å². The van der Waals surface area contributed by atoms with Crippen molar-refractivity contribution in [3.8, 4) is 23.0 Å². The molecule has 1 atom stereocenters. The van der Waals surface area contributed by atoms with Crippen molar-refractivity contribution in [2.75, 3.05) is 34.4 Å². The van der Waals surface area contributed by atoms with Gasteiger partial charge in [0, 0.05) is 31.2 Å². The zero-order chi connectivity index (χ0) is 18.7. The second-order valence-corrected chi connectivity index (χ2v) is 6.75. The van der Waals surface area contributed by atoms with Crippen LogP contribution >= 0.6 is 0 Å². The lowest BCUT2D eigenvalue weighted by atomic mass is 10.1. The monoisotopic (exact) mass is 360 g/mol. The van der Waals surface area contributed by atoms with Crippen molar-refractivity contribution in [3.63, 3.8) is 0 Å². The number of nitrogens with one attached hydrogen (secondary N) is 2. The van der Waals surface area contributed by atoms with E-state index in [4.69, 9.17) is 18.9 Å². The van der Waals surface area contributed by atoms with Gasteiger partial charge in [0.2, 0.25) is 5.89 Å². The Morgan fingerprint density at radius 1 is 1.27 bits per heavy atom. The predicted molar refractivity (Wildman–Crippen MR) is 100 cm³/mol. The highest BCUT2D eigenvalue weighted by Gasteiger charge is 2.21. The summed E-state index contributed by atoms with van der Waals surface area (Å²) in [6.07, 6.45) is 1.13. The van der Waals surface area contributed by atoms with Gasteiger partial charge in [-0.25, -0.2) is 4.98 Å². The Balaban J connectivity index is 1.80. The number of aryl methyl sites for hydroxylation is 1. The molecule has 0 amide bonds. The molecular formula is C19H28N4O3. The maximum atomic E-state index is 5.96. The van der Waals surface area contributed by atoms with Crippen LogP contribution in [0.2, 0.25) is 0 Å². The smallest absolute Gasteiger partial charge is 0.230 e. The van der Waals surface area contributed by atoms with Crippen molar-refractivity contribution in [2.24, 2.45) is 0 Å². The first kappa shape index (κ1) is 18.7. The zero-order valence-electron chi connectivity index (χ0n) is 16.2. The quantitative estimate of drug-likeness (QED) is 0.785. The van der Waals surface area contributed by atoms with E-state index in [0.717, 1.165) is 60.1 Å². The Hall–Kier alpha value is -2.09. The molecule has 0 bridgehead atoms. The van der Waals surface area contributed by atoms with Gasteiger partial charge in [-0.15, -0.1) is 0 Å². The molecular weight excluding hydrogens is 332 g/mol. The molecule has 7 heteroatoms. The van der Waals surface area contributed by atoms with Gasteiger partial charge >= 0.3 is 0 Å². The molecule has 1 aromatic carbocycles. The van der Waals surface area contributed by atoms with Gasteiger partial charge in [0.1, 0.15) is 17.3 Å². The summed E-state index contributed by atoms with van der Waals surface area (Å²) in [5.74, 6) is 2.92. The van der Waals surface area contributed by atoms with Crippen LogP contribution in [0.5, 0.6) is 11.5 Å². The summed E-state index contributed by atoms with van der Waals surface area (Å²) in [4.78, 5) is 6.99. The van der Waals surface area contributed by atoms with Crippen molar-refractivity contribution in [1.82, 2.24) is 20.7 Å². The summed E-state index contributed by atoms with van der Waals surface area (Å²) in [7, 11) is 5.41. The summed E-state index contributed by atoms with van der Waals surface area (Å²) >= 11 is 0. The molecule has 0 aliphatic carbocycles. The minimum Gasteiger partial charge on any atom is -0.496 e. The van der Waals surface area contributed by atoms with E-state index >= 15 is 0 Å². The Labute approximate surface area is 154 Å². The number of hydrazine groups is 1. The van der Waals surface area contributed by atoms with Crippen LogP contribution in [0.4, 0.5) is 0 Å². The van der Waals surface area contributed by atoms with Crippen LogP contribution in [0.25, 0.3) is 11.5 Å². The van der Waals surface area contributed by atoms with Gasteiger partial charge in [-0.2, -0.15) is 0 Å². The first-order valence-corrected chi connectivity index (χ1v) is 8.88. The lowest BCUT2D eigenvalue weighted by Gasteiger charge is -2.19. The van der Waals surface area contributed by atoms with Gasteiger partial charge in [0.15, 0.2) is 0 Å². The van der Waals surface area contributed by atoms with Crippen LogP contribution in [-0.4, -0.2) is 50.3 Å². The molecule has 1 aromatic heterocycles. The van der Waals surface area contributed by atoms with E-state index in [1.165, 1.54) is 0 Å². The largest absolute Gasteiger partial charge is 0.496 e. The second-order valence-electron chi connectivity index (χ2n) is 6.75. The number of likely N-dealkylation sites (N-methyl/N-ethyl adjacent to an activating group) is 1. The maximum absolute atomic E-state index is 5.96. The number of hydrogen-bond donors (Lipinski definition) is 2. The van der Waals surface area contributed by atoms with Crippen LogP contribution in [0.3, 0.4) is 0 Å². The number of rotatable bonds is 7. The van der Waals surface area contributed by atoms with Gasteiger partial charge in [0.25, 0.3) is 0 Å². The normalized spacial score (nSPS) is 17.1. The molecule has 2 N–H and O–H groups in total. The summed E-state index contributed by atoms with van der Waals surface area (Å²) in [6.45, 7) is 6.64. The fourth-order valence-corrected chi connectivity index (χ4v) is 3.38. The van der Waals surface area contributed by atoms with E-state index in [-0.39, 0.29) is 0 Å². The van der Waals surface area contributed by atoms with Crippen LogP contribution in [0.15, 0.2) is 16.5 Å². The molecule has 1 aliphatic rings. The van der Waals surface area contributed by atoms with E-state index < -0.39 is 0 Å². The fourth-order valence-electron chi connectivity index (χ4n) is 3.38. The molecule has 26 heavy (non-hydrogen) atoms. The van der Waals surface area contributed by atoms with E-state index in [1.807, 2.05) is 26.0 Å². The van der Waals surface area contributed by atoms with Crippen molar-refractivity contribution in [3.05, 3.63) is 29.2 Å². The summed E-state index contributed by atoms with van der Waals surface area (Å²) in [5, 5.41) is 0. The highest BCUT2D eigenvalue weighted by Crippen LogP contribution is 2.38. The molecule has 3 rings (SSSR count). The summed E-state index contributed by atoms with van der Waals surface area (Å²) < 4.78 is 16.9. The van der Waals surface area contributed by atoms with Gasteiger partial charge in [-0.05, 0) is 39.4 Å². The number of hydrogen-bond acceptors (Lipinski definition) is 7. The minimum atomic E-state index is 0.469. The molecule has 1 fully saturated rings. The van der Waals surface area contributed by atoms with Crippen LogP contribution < -0.4 is 20.3 Å². The molecule has 0 spiro atoms.